The smallest absolute Gasteiger partial charge is 0.372 e. The molecular weight excluding hydrogens is 237 g/mol. The summed E-state index contributed by atoms with van der Waals surface area (Å²) in [7, 11) is 0. The second kappa shape index (κ2) is 6.19. The van der Waals surface area contributed by atoms with Gasteiger partial charge in [0.25, 0.3) is 0 Å². The molecule has 0 aliphatic heterocycles. The molecule has 1 heterocycles. The van der Waals surface area contributed by atoms with Crippen molar-refractivity contribution in [1.29, 1.82) is 0 Å². The van der Waals surface area contributed by atoms with Gasteiger partial charge in [-0.3, -0.25) is 9.78 Å². The second-order valence-electron chi connectivity index (χ2n) is 3.20. The summed E-state index contributed by atoms with van der Waals surface area (Å²) >= 11 is 0. The standard InChI is InChI=1S/C10H11F3N2O2/c11-10(12,13)7-17-6-3-9(16)15-8-1-4-14-5-2-8/h1-2,4-5H,3,6-7H2,(H,14,15,16). The molecule has 1 aromatic heterocycles. The van der Waals surface area contributed by atoms with Gasteiger partial charge in [0.2, 0.25) is 5.91 Å². The molecule has 0 saturated heterocycles. The summed E-state index contributed by atoms with van der Waals surface area (Å²) in [5.74, 6) is -0.404. The van der Waals surface area contributed by atoms with E-state index in [0.29, 0.717) is 5.69 Å². The molecule has 0 aliphatic carbocycles. The maximum atomic E-state index is 11.7. The molecule has 0 spiro atoms. The van der Waals surface area contributed by atoms with Crippen molar-refractivity contribution in [3.05, 3.63) is 24.5 Å². The van der Waals surface area contributed by atoms with Crippen molar-refractivity contribution in [2.45, 2.75) is 12.6 Å². The summed E-state index contributed by atoms with van der Waals surface area (Å²) in [4.78, 5) is 15.0. The molecule has 17 heavy (non-hydrogen) atoms. The minimum Gasteiger partial charge on any atom is -0.372 e. The van der Waals surface area contributed by atoms with Gasteiger partial charge in [0.05, 0.1) is 13.0 Å². The van der Waals surface area contributed by atoms with Crippen LogP contribution >= 0.6 is 0 Å². The van der Waals surface area contributed by atoms with Crippen molar-refractivity contribution in [1.82, 2.24) is 4.98 Å². The van der Waals surface area contributed by atoms with E-state index in [4.69, 9.17) is 0 Å². The van der Waals surface area contributed by atoms with Crippen LogP contribution in [0.5, 0.6) is 0 Å². The lowest BCUT2D eigenvalue weighted by Crippen LogP contribution is -2.20. The van der Waals surface area contributed by atoms with E-state index in [1.165, 1.54) is 12.4 Å². The first-order chi connectivity index (χ1) is 7.97. The number of ether oxygens (including phenoxy) is 1. The molecule has 0 bridgehead atoms. The third-order valence-corrected chi connectivity index (χ3v) is 1.70. The van der Waals surface area contributed by atoms with Gasteiger partial charge in [-0.15, -0.1) is 0 Å². The molecule has 1 N–H and O–H groups in total. The second-order valence-corrected chi connectivity index (χ2v) is 3.20. The molecule has 1 aromatic rings. The number of anilines is 1. The molecule has 1 amide bonds. The zero-order valence-electron chi connectivity index (χ0n) is 8.83. The lowest BCUT2D eigenvalue weighted by molar-refractivity contribution is -0.174. The maximum Gasteiger partial charge on any atom is 0.411 e. The Morgan fingerprint density at radius 2 is 2.00 bits per heavy atom. The number of alkyl halides is 3. The third kappa shape index (κ3) is 6.52. The van der Waals surface area contributed by atoms with E-state index in [2.05, 4.69) is 15.0 Å². The number of carbonyl (C=O) groups is 1. The summed E-state index contributed by atoms with van der Waals surface area (Å²) in [6.45, 7) is -1.61. The fraction of sp³-hybridized carbons (Fsp3) is 0.400. The monoisotopic (exact) mass is 248 g/mol. The topological polar surface area (TPSA) is 51.2 Å². The normalized spacial score (nSPS) is 11.2. The Morgan fingerprint density at radius 3 is 2.59 bits per heavy atom. The van der Waals surface area contributed by atoms with Gasteiger partial charge in [-0.2, -0.15) is 13.2 Å². The van der Waals surface area contributed by atoms with Gasteiger partial charge in [-0.05, 0) is 12.1 Å². The van der Waals surface area contributed by atoms with Gasteiger partial charge < -0.3 is 10.1 Å². The lowest BCUT2D eigenvalue weighted by atomic mass is 10.3. The van der Waals surface area contributed by atoms with Crippen molar-refractivity contribution in [3.8, 4) is 0 Å². The molecule has 0 fully saturated rings. The number of hydrogen-bond donors (Lipinski definition) is 1. The average Bonchev–Trinajstić information content (AvgIpc) is 2.25. The highest BCUT2D eigenvalue weighted by Gasteiger charge is 2.27. The zero-order chi connectivity index (χ0) is 12.7. The third-order valence-electron chi connectivity index (χ3n) is 1.70. The minimum atomic E-state index is -4.36. The van der Waals surface area contributed by atoms with Crippen LogP contribution in [0.15, 0.2) is 24.5 Å². The van der Waals surface area contributed by atoms with Gasteiger partial charge in [0.15, 0.2) is 0 Å². The van der Waals surface area contributed by atoms with E-state index < -0.39 is 18.7 Å². The molecular formula is C10H11F3N2O2. The Hall–Kier alpha value is -1.63. The lowest BCUT2D eigenvalue weighted by Gasteiger charge is -2.07. The van der Waals surface area contributed by atoms with Crippen molar-refractivity contribution < 1.29 is 22.7 Å². The van der Waals surface area contributed by atoms with E-state index in [1.807, 2.05) is 0 Å². The molecule has 0 saturated carbocycles. The molecule has 0 unspecified atom stereocenters. The molecule has 1 rings (SSSR count). The first-order valence-electron chi connectivity index (χ1n) is 4.82. The largest absolute Gasteiger partial charge is 0.411 e. The zero-order valence-corrected chi connectivity index (χ0v) is 8.83. The highest BCUT2D eigenvalue weighted by molar-refractivity contribution is 5.90. The molecule has 94 valence electrons. The van der Waals surface area contributed by atoms with Crippen LogP contribution < -0.4 is 5.32 Å². The summed E-state index contributed by atoms with van der Waals surface area (Å²) in [5.41, 5.74) is 0.542. The van der Waals surface area contributed by atoms with Crippen LogP contribution in [0.3, 0.4) is 0 Å². The quantitative estimate of drug-likeness (QED) is 0.811. The van der Waals surface area contributed by atoms with Gasteiger partial charge in [-0.25, -0.2) is 0 Å². The first kappa shape index (κ1) is 13.4. The predicted molar refractivity (Wildman–Crippen MR) is 54.4 cm³/mol. The minimum absolute atomic E-state index is 0.127. The fourth-order valence-electron chi connectivity index (χ4n) is 1.01. The van der Waals surface area contributed by atoms with Crippen LogP contribution in [0.4, 0.5) is 18.9 Å². The number of nitrogens with zero attached hydrogens (tertiary/aromatic N) is 1. The first-order valence-corrected chi connectivity index (χ1v) is 4.82. The van der Waals surface area contributed by atoms with Gasteiger partial charge >= 0.3 is 6.18 Å². The SMILES string of the molecule is O=C(CCOCC(F)(F)F)Nc1ccncc1. The number of hydrogen-bond acceptors (Lipinski definition) is 3. The maximum absolute atomic E-state index is 11.7. The molecule has 0 atom stereocenters. The van der Waals surface area contributed by atoms with Crippen LogP contribution in [-0.2, 0) is 9.53 Å². The van der Waals surface area contributed by atoms with Crippen LogP contribution in [0, 0.1) is 0 Å². The summed E-state index contributed by atoms with van der Waals surface area (Å²) in [6.07, 6.45) is -1.49. The number of nitrogens with one attached hydrogen (secondary N) is 1. The number of aromatic nitrogens is 1. The summed E-state index contributed by atoms with van der Waals surface area (Å²) in [5, 5.41) is 2.50. The van der Waals surface area contributed by atoms with Crippen LogP contribution in [0.2, 0.25) is 0 Å². The predicted octanol–water partition coefficient (Wildman–Crippen LogP) is 1.99. The van der Waals surface area contributed by atoms with Gasteiger partial charge in [0, 0.05) is 18.1 Å². The van der Waals surface area contributed by atoms with Crippen LogP contribution in [0.25, 0.3) is 0 Å². The molecule has 7 heteroatoms. The van der Waals surface area contributed by atoms with Crippen molar-refractivity contribution in [2.75, 3.05) is 18.5 Å². The van der Waals surface area contributed by atoms with E-state index in [0.717, 1.165) is 0 Å². The van der Waals surface area contributed by atoms with Gasteiger partial charge in [0.1, 0.15) is 6.61 Å². The number of halogens is 3. The fourth-order valence-corrected chi connectivity index (χ4v) is 1.01. The van der Waals surface area contributed by atoms with E-state index in [1.54, 1.807) is 12.1 Å². The molecule has 0 radical (unpaired) electrons. The number of amides is 1. The summed E-state index contributed by atoms with van der Waals surface area (Å²) in [6, 6.07) is 3.16. The van der Waals surface area contributed by atoms with Crippen LogP contribution in [0.1, 0.15) is 6.42 Å². The Balaban J connectivity index is 2.18. The molecule has 0 aliphatic rings. The van der Waals surface area contributed by atoms with Crippen LogP contribution in [-0.4, -0.2) is 30.3 Å². The number of rotatable bonds is 5. The van der Waals surface area contributed by atoms with Crippen molar-refractivity contribution >= 4 is 11.6 Å². The van der Waals surface area contributed by atoms with E-state index in [9.17, 15) is 18.0 Å². The van der Waals surface area contributed by atoms with E-state index in [-0.39, 0.29) is 13.0 Å². The number of carbonyl (C=O) groups excluding carboxylic acids is 1. The highest BCUT2D eigenvalue weighted by Crippen LogP contribution is 2.14. The van der Waals surface area contributed by atoms with E-state index >= 15 is 0 Å². The Bertz CT molecular complexity index is 354. The Labute approximate surface area is 95.8 Å². The highest BCUT2D eigenvalue weighted by atomic mass is 19.4. The average molecular weight is 248 g/mol. The summed E-state index contributed by atoms with van der Waals surface area (Å²) < 4.78 is 39.4. The Morgan fingerprint density at radius 1 is 1.35 bits per heavy atom. The number of pyridine rings is 1. The van der Waals surface area contributed by atoms with Crippen molar-refractivity contribution in [2.24, 2.45) is 0 Å². The van der Waals surface area contributed by atoms with Crippen molar-refractivity contribution in [3.63, 3.8) is 0 Å². The van der Waals surface area contributed by atoms with Gasteiger partial charge in [-0.1, -0.05) is 0 Å². The molecule has 0 aromatic carbocycles. The Kier molecular flexibility index (Phi) is 4.89. The molecule has 4 nitrogen and oxygen atoms in total.